The first-order valence-corrected chi connectivity index (χ1v) is 7.29. The molecule has 3 N–H and O–H groups in total. The van der Waals surface area contributed by atoms with Gasteiger partial charge in [0.25, 0.3) is 0 Å². The van der Waals surface area contributed by atoms with Gasteiger partial charge >= 0.3 is 6.03 Å². The number of aliphatic hydroxyl groups excluding tert-OH is 1. The van der Waals surface area contributed by atoms with Crippen LogP contribution in [-0.4, -0.2) is 39.8 Å². The Morgan fingerprint density at radius 2 is 2.14 bits per heavy atom. The molecule has 1 aromatic carbocycles. The second-order valence-corrected chi connectivity index (χ2v) is 5.34. The van der Waals surface area contributed by atoms with E-state index in [1.165, 1.54) is 0 Å². The lowest BCUT2D eigenvalue weighted by Crippen LogP contribution is -2.37. The Hall–Kier alpha value is -2.34. The van der Waals surface area contributed by atoms with Crippen molar-refractivity contribution in [1.82, 2.24) is 20.4 Å². The summed E-state index contributed by atoms with van der Waals surface area (Å²) < 4.78 is 0. The molecule has 0 aliphatic carbocycles. The van der Waals surface area contributed by atoms with Gasteiger partial charge in [0.05, 0.1) is 18.3 Å². The van der Waals surface area contributed by atoms with E-state index in [0.717, 1.165) is 17.0 Å². The number of urea groups is 1. The normalized spacial score (nSPS) is 12.0. The Bertz CT molecular complexity index is 597. The maximum atomic E-state index is 12.0. The molecule has 2 aromatic rings. The van der Waals surface area contributed by atoms with Crippen LogP contribution >= 0.6 is 0 Å². The maximum Gasteiger partial charge on any atom is 0.317 e. The number of carbonyl (C=O) groups excluding carboxylic acids is 1. The van der Waals surface area contributed by atoms with Gasteiger partial charge in [-0.15, -0.1) is 0 Å². The summed E-state index contributed by atoms with van der Waals surface area (Å²) in [5, 5.41) is 19.8. The first kappa shape index (κ1) is 16.0. The van der Waals surface area contributed by atoms with Crippen molar-refractivity contribution in [1.29, 1.82) is 0 Å². The van der Waals surface area contributed by atoms with E-state index in [9.17, 15) is 9.90 Å². The molecule has 1 aromatic heterocycles. The van der Waals surface area contributed by atoms with Crippen molar-refractivity contribution in [3.05, 3.63) is 53.3 Å². The minimum absolute atomic E-state index is 0.180. The van der Waals surface area contributed by atoms with E-state index >= 15 is 0 Å². The number of nitrogens with one attached hydrogen (secondary N) is 2. The minimum atomic E-state index is -0.564. The molecule has 0 bridgehead atoms. The van der Waals surface area contributed by atoms with E-state index in [1.807, 2.05) is 43.3 Å². The van der Waals surface area contributed by atoms with E-state index < -0.39 is 6.10 Å². The number of carbonyl (C=O) groups is 1. The standard InChI is InChI=1S/C16H22N4O2/c1-12-10-14(19-18-12)11-17-16(22)20(2)9-8-15(21)13-6-4-3-5-7-13/h3-7,10,15,21H,8-9,11H2,1-2H3,(H,17,22)(H,18,19). The van der Waals surface area contributed by atoms with Gasteiger partial charge in [-0.2, -0.15) is 5.10 Å². The van der Waals surface area contributed by atoms with Crippen LogP contribution in [0.1, 0.15) is 29.5 Å². The number of aromatic nitrogens is 2. The molecule has 0 saturated carbocycles. The molecule has 2 amide bonds. The third-order valence-electron chi connectivity index (χ3n) is 3.45. The predicted molar refractivity (Wildman–Crippen MR) is 84.2 cm³/mol. The van der Waals surface area contributed by atoms with Crippen LogP contribution in [0.4, 0.5) is 4.79 Å². The topological polar surface area (TPSA) is 81.2 Å². The summed E-state index contributed by atoms with van der Waals surface area (Å²) >= 11 is 0. The Kier molecular flexibility index (Phi) is 5.55. The monoisotopic (exact) mass is 302 g/mol. The molecule has 0 aliphatic rings. The van der Waals surface area contributed by atoms with Crippen molar-refractivity contribution in [2.24, 2.45) is 0 Å². The average molecular weight is 302 g/mol. The number of aliphatic hydroxyl groups is 1. The van der Waals surface area contributed by atoms with Crippen molar-refractivity contribution in [2.45, 2.75) is 26.0 Å². The highest BCUT2D eigenvalue weighted by atomic mass is 16.3. The number of nitrogens with zero attached hydrogens (tertiary/aromatic N) is 2. The number of aromatic amines is 1. The first-order valence-electron chi connectivity index (χ1n) is 7.29. The van der Waals surface area contributed by atoms with Gasteiger partial charge in [-0.1, -0.05) is 30.3 Å². The fourth-order valence-electron chi connectivity index (χ4n) is 2.13. The fourth-order valence-corrected chi connectivity index (χ4v) is 2.13. The lowest BCUT2D eigenvalue weighted by molar-refractivity contribution is 0.150. The molecule has 1 unspecified atom stereocenters. The van der Waals surface area contributed by atoms with Crippen molar-refractivity contribution in [3.63, 3.8) is 0 Å². The van der Waals surface area contributed by atoms with Crippen LogP contribution in [-0.2, 0) is 6.54 Å². The summed E-state index contributed by atoms with van der Waals surface area (Å²) in [6.45, 7) is 2.77. The molecule has 22 heavy (non-hydrogen) atoms. The molecule has 1 heterocycles. The second-order valence-electron chi connectivity index (χ2n) is 5.34. The third kappa shape index (κ3) is 4.60. The predicted octanol–water partition coefficient (Wildman–Crippen LogP) is 1.98. The number of amides is 2. The van der Waals surface area contributed by atoms with Gasteiger partial charge in [-0.05, 0) is 25.0 Å². The zero-order valence-electron chi connectivity index (χ0n) is 12.9. The molecule has 1 atom stereocenters. The zero-order chi connectivity index (χ0) is 15.9. The Labute approximate surface area is 130 Å². The number of H-pyrrole nitrogens is 1. The van der Waals surface area contributed by atoms with Crippen LogP contribution in [0.15, 0.2) is 36.4 Å². The van der Waals surface area contributed by atoms with Gasteiger partial charge in [-0.25, -0.2) is 4.79 Å². The number of rotatable bonds is 6. The lowest BCUT2D eigenvalue weighted by Gasteiger charge is -2.19. The molecule has 6 nitrogen and oxygen atoms in total. The molecule has 2 rings (SSSR count). The Morgan fingerprint density at radius 3 is 2.77 bits per heavy atom. The molecular weight excluding hydrogens is 280 g/mol. The van der Waals surface area contributed by atoms with E-state index in [4.69, 9.17) is 0 Å². The van der Waals surface area contributed by atoms with Gasteiger partial charge in [-0.3, -0.25) is 5.10 Å². The second kappa shape index (κ2) is 7.61. The smallest absolute Gasteiger partial charge is 0.317 e. The lowest BCUT2D eigenvalue weighted by atomic mass is 10.1. The minimum Gasteiger partial charge on any atom is -0.388 e. The van der Waals surface area contributed by atoms with Gasteiger partial charge in [0.1, 0.15) is 0 Å². The molecule has 0 fully saturated rings. The average Bonchev–Trinajstić information content (AvgIpc) is 2.96. The van der Waals surface area contributed by atoms with Crippen LogP contribution in [0.3, 0.4) is 0 Å². The van der Waals surface area contributed by atoms with Gasteiger partial charge in [0.15, 0.2) is 0 Å². The van der Waals surface area contributed by atoms with Gasteiger partial charge < -0.3 is 15.3 Å². The van der Waals surface area contributed by atoms with Crippen molar-refractivity contribution in [3.8, 4) is 0 Å². The molecule has 118 valence electrons. The Balaban J connectivity index is 1.74. The summed E-state index contributed by atoms with van der Waals surface area (Å²) in [7, 11) is 1.71. The quantitative estimate of drug-likeness (QED) is 0.763. The molecule has 0 radical (unpaired) electrons. The summed E-state index contributed by atoms with van der Waals surface area (Å²) in [4.78, 5) is 13.5. The van der Waals surface area contributed by atoms with Crippen LogP contribution < -0.4 is 5.32 Å². The number of hydrogen-bond acceptors (Lipinski definition) is 3. The Morgan fingerprint density at radius 1 is 1.41 bits per heavy atom. The summed E-state index contributed by atoms with van der Waals surface area (Å²) in [5.41, 5.74) is 2.62. The number of benzene rings is 1. The molecule has 0 aliphatic heterocycles. The van der Waals surface area contributed by atoms with E-state index in [2.05, 4.69) is 15.5 Å². The molecule has 0 spiro atoms. The first-order chi connectivity index (χ1) is 10.6. The zero-order valence-corrected chi connectivity index (χ0v) is 12.9. The summed E-state index contributed by atoms with van der Waals surface area (Å²) in [5.74, 6) is 0. The van der Waals surface area contributed by atoms with Crippen molar-refractivity contribution >= 4 is 6.03 Å². The summed E-state index contributed by atoms with van der Waals surface area (Å²) in [6, 6.07) is 11.2. The van der Waals surface area contributed by atoms with Crippen LogP contribution in [0.5, 0.6) is 0 Å². The fraction of sp³-hybridized carbons (Fsp3) is 0.375. The van der Waals surface area contributed by atoms with Crippen LogP contribution in [0.2, 0.25) is 0 Å². The highest BCUT2D eigenvalue weighted by Gasteiger charge is 2.12. The molecular formula is C16H22N4O2. The molecule has 6 heteroatoms. The van der Waals surface area contributed by atoms with Gasteiger partial charge in [0, 0.05) is 19.3 Å². The highest BCUT2D eigenvalue weighted by molar-refractivity contribution is 5.73. The van der Waals surface area contributed by atoms with Gasteiger partial charge in [0.2, 0.25) is 0 Å². The summed E-state index contributed by atoms with van der Waals surface area (Å²) in [6.07, 6.45) is -0.0689. The van der Waals surface area contributed by atoms with Crippen LogP contribution in [0.25, 0.3) is 0 Å². The third-order valence-corrected chi connectivity index (χ3v) is 3.45. The van der Waals surface area contributed by atoms with E-state index in [-0.39, 0.29) is 6.03 Å². The number of aryl methyl sites for hydroxylation is 1. The highest BCUT2D eigenvalue weighted by Crippen LogP contribution is 2.15. The van der Waals surface area contributed by atoms with Crippen molar-refractivity contribution in [2.75, 3.05) is 13.6 Å². The maximum absolute atomic E-state index is 12.0. The SMILES string of the molecule is Cc1cc(CNC(=O)N(C)CCC(O)c2ccccc2)n[nH]1. The number of hydrogen-bond donors (Lipinski definition) is 3. The van der Waals surface area contributed by atoms with E-state index in [0.29, 0.717) is 19.5 Å². The van der Waals surface area contributed by atoms with Crippen LogP contribution in [0, 0.1) is 6.92 Å². The largest absolute Gasteiger partial charge is 0.388 e. The molecule has 0 saturated heterocycles. The van der Waals surface area contributed by atoms with Crippen molar-refractivity contribution < 1.29 is 9.90 Å². The van der Waals surface area contributed by atoms with E-state index in [1.54, 1.807) is 11.9 Å².